The third-order valence-electron chi connectivity index (χ3n) is 6.88. The normalized spacial score (nSPS) is 37.6. The highest BCUT2D eigenvalue weighted by molar-refractivity contribution is 5.75. The van der Waals surface area contributed by atoms with E-state index in [1.807, 2.05) is 19.9 Å². The van der Waals surface area contributed by atoms with Crippen LogP contribution in [0.5, 0.6) is 0 Å². The standard InChI is InChI=1S/C22H32O4/c1-7-14(2)9-10-17-15(3)18(26-16(4)23)13-19-21(17,5)11-8-12-22(19,6)20(24)25/h7,9,17-19H,1,3,8,10-13H2,2,4-6H3,(H,24,25)/b14-9+/t17-,18-,19+,21+,22-/m0/s1. The van der Waals surface area contributed by atoms with E-state index < -0.39 is 17.5 Å². The Hall–Kier alpha value is -1.84. The van der Waals surface area contributed by atoms with Gasteiger partial charge in [-0.05, 0) is 62.4 Å². The van der Waals surface area contributed by atoms with Crippen LogP contribution >= 0.6 is 0 Å². The first-order chi connectivity index (χ1) is 12.1. The molecule has 0 bridgehead atoms. The molecule has 0 amide bonds. The average molecular weight is 360 g/mol. The molecule has 0 aliphatic heterocycles. The van der Waals surface area contributed by atoms with Gasteiger partial charge in [0.05, 0.1) is 5.41 Å². The molecule has 5 atom stereocenters. The summed E-state index contributed by atoms with van der Waals surface area (Å²) in [5, 5.41) is 9.97. The molecule has 2 rings (SSSR count). The Morgan fingerprint density at radius 1 is 1.31 bits per heavy atom. The van der Waals surface area contributed by atoms with Crippen LogP contribution < -0.4 is 0 Å². The first kappa shape index (κ1) is 20.5. The van der Waals surface area contributed by atoms with Gasteiger partial charge in [0.15, 0.2) is 0 Å². The summed E-state index contributed by atoms with van der Waals surface area (Å²) in [6, 6.07) is 0. The van der Waals surface area contributed by atoms with E-state index in [4.69, 9.17) is 4.74 Å². The monoisotopic (exact) mass is 360 g/mol. The predicted molar refractivity (Wildman–Crippen MR) is 103 cm³/mol. The zero-order valence-corrected chi connectivity index (χ0v) is 16.5. The van der Waals surface area contributed by atoms with Crippen LogP contribution in [0.25, 0.3) is 0 Å². The van der Waals surface area contributed by atoms with Crippen LogP contribution in [0, 0.1) is 22.7 Å². The van der Waals surface area contributed by atoms with E-state index in [-0.39, 0.29) is 23.2 Å². The van der Waals surface area contributed by atoms with Crippen molar-refractivity contribution >= 4 is 11.9 Å². The van der Waals surface area contributed by atoms with Gasteiger partial charge in [-0.1, -0.05) is 44.2 Å². The van der Waals surface area contributed by atoms with E-state index in [0.717, 1.165) is 30.4 Å². The van der Waals surface area contributed by atoms with Gasteiger partial charge in [-0.25, -0.2) is 0 Å². The van der Waals surface area contributed by atoms with E-state index >= 15 is 0 Å². The maximum absolute atomic E-state index is 12.1. The second-order valence-corrected chi connectivity index (χ2v) is 8.48. The highest BCUT2D eigenvalue weighted by Crippen LogP contribution is 2.62. The molecule has 0 spiro atoms. The molecule has 2 fully saturated rings. The van der Waals surface area contributed by atoms with Crippen molar-refractivity contribution in [3.63, 3.8) is 0 Å². The first-order valence-electron chi connectivity index (χ1n) is 9.44. The number of carboxylic acids is 1. The van der Waals surface area contributed by atoms with Crippen LogP contribution in [-0.4, -0.2) is 23.1 Å². The van der Waals surface area contributed by atoms with Crippen molar-refractivity contribution in [2.75, 3.05) is 0 Å². The van der Waals surface area contributed by atoms with Gasteiger partial charge in [0, 0.05) is 6.92 Å². The van der Waals surface area contributed by atoms with Crippen molar-refractivity contribution in [2.45, 2.75) is 65.9 Å². The van der Waals surface area contributed by atoms with Crippen molar-refractivity contribution in [2.24, 2.45) is 22.7 Å². The lowest BCUT2D eigenvalue weighted by molar-refractivity contribution is -0.171. The molecule has 144 valence electrons. The molecule has 0 aromatic carbocycles. The van der Waals surface area contributed by atoms with Crippen LogP contribution in [0.4, 0.5) is 0 Å². The van der Waals surface area contributed by atoms with Crippen LogP contribution in [0.15, 0.2) is 36.5 Å². The van der Waals surface area contributed by atoms with Crippen LogP contribution in [-0.2, 0) is 14.3 Å². The van der Waals surface area contributed by atoms with Crippen molar-refractivity contribution < 1.29 is 19.4 Å². The average Bonchev–Trinajstić information content (AvgIpc) is 2.55. The van der Waals surface area contributed by atoms with Crippen LogP contribution in [0.2, 0.25) is 0 Å². The number of fused-ring (bicyclic) bond motifs is 1. The Bertz CT molecular complexity index is 647. The third-order valence-corrected chi connectivity index (χ3v) is 6.88. The Balaban J connectivity index is 2.48. The highest BCUT2D eigenvalue weighted by Gasteiger charge is 2.59. The smallest absolute Gasteiger partial charge is 0.309 e. The fraction of sp³-hybridized carbons (Fsp3) is 0.636. The van der Waals surface area contributed by atoms with Crippen molar-refractivity contribution in [1.29, 1.82) is 0 Å². The molecule has 4 heteroatoms. The molecule has 26 heavy (non-hydrogen) atoms. The molecule has 1 N–H and O–H groups in total. The minimum absolute atomic E-state index is 0.0569. The Labute approximate surface area is 157 Å². The van der Waals surface area contributed by atoms with E-state index in [0.29, 0.717) is 12.8 Å². The number of rotatable bonds is 5. The largest absolute Gasteiger partial charge is 0.481 e. The molecule has 0 radical (unpaired) electrons. The number of carbonyl (C=O) groups excluding carboxylic acids is 1. The Morgan fingerprint density at radius 3 is 2.50 bits per heavy atom. The lowest BCUT2D eigenvalue weighted by atomic mass is 9.46. The summed E-state index contributed by atoms with van der Waals surface area (Å²) in [6.07, 6.45) is 7.36. The molecule has 2 aliphatic rings. The van der Waals surface area contributed by atoms with Crippen LogP contribution in [0.1, 0.15) is 59.8 Å². The summed E-state index contributed by atoms with van der Waals surface area (Å²) < 4.78 is 5.56. The van der Waals surface area contributed by atoms with Crippen molar-refractivity contribution in [3.8, 4) is 0 Å². The lowest BCUT2D eigenvalue weighted by Crippen LogP contribution is -2.56. The Morgan fingerprint density at radius 2 is 1.96 bits per heavy atom. The van der Waals surface area contributed by atoms with Gasteiger partial charge < -0.3 is 9.84 Å². The fourth-order valence-electron chi connectivity index (χ4n) is 5.26. The molecular formula is C22H32O4. The van der Waals surface area contributed by atoms with E-state index in [2.05, 4.69) is 26.2 Å². The molecule has 0 aromatic rings. The SMILES string of the molecule is C=C/C(C)=C/C[C@H]1C(=C)[C@@H](OC(C)=O)C[C@@H]2[C@]1(C)CCC[C@]2(C)C(=O)O. The first-order valence-corrected chi connectivity index (χ1v) is 9.44. The second-order valence-electron chi connectivity index (χ2n) is 8.48. The summed E-state index contributed by atoms with van der Waals surface area (Å²) in [6.45, 7) is 15.6. The quantitative estimate of drug-likeness (QED) is 0.430. The predicted octanol–water partition coefficient (Wildman–Crippen LogP) is 4.91. The molecule has 0 heterocycles. The van der Waals surface area contributed by atoms with Crippen molar-refractivity contribution in [3.05, 3.63) is 36.5 Å². The minimum atomic E-state index is -0.804. The number of ether oxygens (including phenoxy) is 1. The number of esters is 1. The maximum Gasteiger partial charge on any atom is 0.309 e. The van der Waals surface area contributed by atoms with Gasteiger partial charge in [-0.2, -0.15) is 0 Å². The second kappa shape index (κ2) is 7.42. The van der Waals surface area contributed by atoms with Gasteiger partial charge in [0.25, 0.3) is 0 Å². The molecule has 0 saturated heterocycles. The highest BCUT2D eigenvalue weighted by atomic mass is 16.5. The molecule has 0 unspecified atom stereocenters. The van der Waals surface area contributed by atoms with E-state index in [1.165, 1.54) is 6.92 Å². The number of carboxylic acid groups (broad SMARTS) is 1. The number of carbonyl (C=O) groups is 2. The maximum atomic E-state index is 12.1. The zero-order valence-electron chi connectivity index (χ0n) is 16.5. The van der Waals surface area contributed by atoms with E-state index in [9.17, 15) is 14.7 Å². The van der Waals surface area contributed by atoms with E-state index in [1.54, 1.807) is 0 Å². The molecule has 2 aliphatic carbocycles. The molecular weight excluding hydrogens is 328 g/mol. The van der Waals surface area contributed by atoms with Gasteiger partial charge >= 0.3 is 11.9 Å². The van der Waals surface area contributed by atoms with Crippen molar-refractivity contribution in [1.82, 2.24) is 0 Å². The topological polar surface area (TPSA) is 63.6 Å². The number of hydrogen-bond donors (Lipinski definition) is 1. The Kier molecular flexibility index (Phi) is 5.84. The summed E-state index contributed by atoms with van der Waals surface area (Å²) in [5.41, 5.74) is 1.03. The molecule has 4 nitrogen and oxygen atoms in total. The van der Waals surface area contributed by atoms with Gasteiger partial charge in [-0.3, -0.25) is 9.59 Å². The summed E-state index contributed by atoms with van der Waals surface area (Å²) in [5.74, 6) is -1.07. The summed E-state index contributed by atoms with van der Waals surface area (Å²) in [7, 11) is 0. The van der Waals surface area contributed by atoms with Gasteiger partial charge in [0.1, 0.15) is 6.10 Å². The fourth-order valence-corrected chi connectivity index (χ4v) is 5.26. The van der Waals surface area contributed by atoms with Gasteiger partial charge in [0.2, 0.25) is 0 Å². The lowest BCUT2D eigenvalue weighted by Gasteiger charge is -2.58. The summed E-state index contributed by atoms with van der Waals surface area (Å²) in [4.78, 5) is 23.8. The molecule has 0 aromatic heterocycles. The number of aliphatic carboxylic acids is 1. The zero-order chi connectivity index (χ0) is 19.7. The number of allylic oxidation sites excluding steroid dienone is 3. The van der Waals surface area contributed by atoms with Gasteiger partial charge in [-0.15, -0.1) is 0 Å². The minimum Gasteiger partial charge on any atom is -0.481 e. The number of hydrogen-bond acceptors (Lipinski definition) is 3. The van der Waals surface area contributed by atoms with Crippen LogP contribution in [0.3, 0.4) is 0 Å². The third kappa shape index (κ3) is 3.51. The molecule has 2 saturated carbocycles. The summed E-state index contributed by atoms with van der Waals surface area (Å²) >= 11 is 0.